The van der Waals surface area contributed by atoms with Crippen molar-refractivity contribution in [2.75, 3.05) is 0 Å². The highest BCUT2D eigenvalue weighted by molar-refractivity contribution is 6.29. The van der Waals surface area contributed by atoms with E-state index in [0.29, 0.717) is 5.15 Å². The molecule has 0 radical (unpaired) electrons. The first-order valence-corrected chi connectivity index (χ1v) is 7.43. The summed E-state index contributed by atoms with van der Waals surface area (Å²) in [5.74, 6) is -0.312. The highest BCUT2D eigenvalue weighted by Crippen LogP contribution is 2.10. The Morgan fingerprint density at radius 2 is 1.91 bits per heavy atom. The van der Waals surface area contributed by atoms with Gasteiger partial charge in [-0.05, 0) is 18.2 Å². The molecule has 2 heterocycles. The van der Waals surface area contributed by atoms with E-state index in [4.69, 9.17) is 16.3 Å². The minimum atomic E-state index is -0.312. The van der Waals surface area contributed by atoms with Gasteiger partial charge in [-0.2, -0.15) is 5.10 Å². The normalized spacial score (nSPS) is 10.5. The summed E-state index contributed by atoms with van der Waals surface area (Å²) in [5, 5.41) is 4.66. The van der Waals surface area contributed by atoms with E-state index >= 15 is 0 Å². The van der Waals surface area contributed by atoms with Crippen LogP contribution in [0.25, 0.3) is 5.69 Å². The predicted octanol–water partition coefficient (Wildman–Crippen LogP) is 3.21. The highest BCUT2D eigenvalue weighted by atomic mass is 35.5. The summed E-state index contributed by atoms with van der Waals surface area (Å²) in [6.07, 6.45) is 5.25. The number of benzene rings is 1. The third kappa shape index (κ3) is 4.17. The van der Waals surface area contributed by atoms with Gasteiger partial charge in [-0.3, -0.25) is 4.79 Å². The van der Waals surface area contributed by atoms with Gasteiger partial charge in [-0.25, -0.2) is 9.67 Å². The Labute approximate surface area is 138 Å². The van der Waals surface area contributed by atoms with Gasteiger partial charge in [0.25, 0.3) is 0 Å². The molecule has 0 fully saturated rings. The van der Waals surface area contributed by atoms with E-state index in [-0.39, 0.29) is 19.0 Å². The molecule has 6 heteroatoms. The van der Waals surface area contributed by atoms with Crippen molar-refractivity contribution in [2.45, 2.75) is 13.0 Å². The molecule has 0 spiro atoms. The molecule has 0 saturated carbocycles. The summed E-state index contributed by atoms with van der Waals surface area (Å²) in [4.78, 5) is 15.8. The number of para-hydroxylation sites is 1. The molecule has 1 aromatic carbocycles. The summed E-state index contributed by atoms with van der Waals surface area (Å²) in [7, 11) is 0. The SMILES string of the molecule is O=C(Cc1cnn(-c2ccccc2)c1)OCc1ccc(Cl)nc1. The van der Waals surface area contributed by atoms with E-state index in [2.05, 4.69) is 10.1 Å². The van der Waals surface area contributed by atoms with Crippen molar-refractivity contribution < 1.29 is 9.53 Å². The monoisotopic (exact) mass is 327 g/mol. The number of ether oxygens (including phenoxy) is 1. The first-order chi connectivity index (χ1) is 11.2. The van der Waals surface area contributed by atoms with E-state index in [1.54, 1.807) is 29.2 Å². The number of esters is 1. The van der Waals surface area contributed by atoms with Crippen molar-refractivity contribution in [3.8, 4) is 5.69 Å². The molecule has 0 unspecified atom stereocenters. The molecule has 116 valence electrons. The Kier molecular flexibility index (Phi) is 4.68. The van der Waals surface area contributed by atoms with E-state index in [9.17, 15) is 4.79 Å². The first-order valence-electron chi connectivity index (χ1n) is 7.06. The van der Waals surface area contributed by atoms with E-state index in [0.717, 1.165) is 16.8 Å². The van der Waals surface area contributed by atoms with Crippen molar-refractivity contribution in [1.82, 2.24) is 14.8 Å². The van der Waals surface area contributed by atoms with Crippen molar-refractivity contribution >= 4 is 17.6 Å². The zero-order valence-corrected chi connectivity index (χ0v) is 13.0. The number of rotatable bonds is 5. The first kappa shape index (κ1) is 15.2. The van der Waals surface area contributed by atoms with Crippen molar-refractivity contribution in [3.05, 3.63) is 77.3 Å². The Hall–Kier alpha value is -2.66. The minimum absolute atomic E-state index is 0.174. The fourth-order valence-electron chi connectivity index (χ4n) is 2.05. The molecule has 2 aromatic heterocycles. The molecule has 0 aliphatic heterocycles. The maximum Gasteiger partial charge on any atom is 0.310 e. The Bertz CT molecular complexity index is 785. The third-order valence-electron chi connectivity index (χ3n) is 3.19. The molecule has 0 atom stereocenters. The number of halogens is 1. The third-order valence-corrected chi connectivity index (χ3v) is 3.42. The van der Waals surface area contributed by atoms with Gasteiger partial charge in [-0.15, -0.1) is 0 Å². The number of aromatic nitrogens is 3. The van der Waals surface area contributed by atoms with Gasteiger partial charge < -0.3 is 4.74 Å². The quantitative estimate of drug-likeness (QED) is 0.533. The van der Waals surface area contributed by atoms with Crippen LogP contribution in [0.15, 0.2) is 61.1 Å². The zero-order chi connectivity index (χ0) is 16.1. The second kappa shape index (κ2) is 7.07. The molecule has 23 heavy (non-hydrogen) atoms. The van der Waals surface area contributed by atoms with Gasteiger partial charge in [0.2, 0.25) is 0 Å². The van der Waals surface area contributed by atoms with Gasteiger partial charge in [0.15, 0.2) is 0 Å². The number of carbonyl (C=O) groups is 1. The van der Waals surface area contributed by atoms with Gasteiger partial charge in [0.1, 0.15) is 11.8 Å². The van der Waals surface area contributed by atoms with E-state index in [1.807, 2.05) is 36.5 Å². The maximum atomic E-state index is 11.9. The number of nitrogens with zero attached hydrogens (tertiary/aromatic N) is 3. The average molecular weight is 328 g/mol. The van der Waals surface area contributed by atoms with Crippen LogP contribution in [0.2, 0.25) is 5.15 Å². The lowest BCUT2D eigenvalue weighted by Crippen LogP contribution is -2.07. The standard InChI is InChI=1S/C17H14ClN3O2/c18-16-7-6-13(9-19-16)12-23-17(22)8-14-10-20-21(11-14)15-4-2-1-3-5-15/h1-7,9-11H,8,12H2. The van der Waals surface area contributed by atoms with Crippen LogP contribution in [0.4, 0.5) is 0 Å². The lowest BCUT2D eigenvalue weighted by Gasteiger charge is -2.04. The molecule has 5 nitrogen and oxygen atoms in total. The van der Waals surface area contributed by atoms with E-state index in [1.165, 1.54) is 0 Å². The van der Waals surface area contributed by atoms with Gasteiger partial charge in [-0.1, -0.05) is 35.9 Å². The fourth-order valence-corrected chi connectivity index (χ4v) is 2.16. The second-order valence-corrected chi connectivity index (χ2v) is 5.34. The van der Waals surface area contributed by atoms with Crippen molar-refractivity contribution in [2.24, 2.45) is 0 Å². The second-order valence-electron chi connectivity index (χ2n) is 4.96. The Morgan fingerprint density at radius 1 is 1.09 bits per heavy atom. The van der Waals surface area contributed by atoms with Crippen LogP contribution in [-0.4, -0.2) is 20.7 Å². The summed E-state index contributed by atoms with van der Waals surface area (Å²) >= 11 is 5.71. The maximum absolute atomic E-state index is 11.9. The smallest absolute Gasteiger partial charge is 0.310 e. The lowest BCUT2D eigenvalue weighted by atomic mass is 10.2. The zero-order valence-electron chi connectivity index (χ0n) is 12.2. The molecular weight excluding hydrogens is 314 g/mol. The van der Waals surface area contributed by atoms with Crippen molar-refractivity contribution in [3.63, 3.8) is 0 Å². The largest absolute Gasteiger partial charge is 0.460 e. The van der Waals surface area contributed by atoms with Crippen LogP contribution in [0, 0.1) is 0 Å². The number of carbonyl (C=O) groups excluding carboxylic acids is 1. The summed E-state index contributed by atoms with van der Waals surface area (Å²) in [6, 6.07) is 13.1. The molecule has 0 amide bonds. The molecule has 0 saturated heterocycles. The number of hydrogen-bond acceptors (Lipinski definition) is 4. The predicted molar refractivity (Wildman–Crippen MR) is 86.3 cm³/mol. The van der Waals surface area contributed by atoms with Crippen molar-refractivity contribution in [1.29, 1.82) is 0 Å². The fraction of sp³-hybridized carbons (Fsp3) is 0.118. The van der Waals surface area contributed by atoms with Crippen LogP contribution in [0.1, 0.15) is 11.1 Å². The van der Waals surface area contributed by atoms with Gasteiger partial charge in [0.05, 0.1) is 18.3 Å². The van der Waals surface area contributed by atoms with Crippen LogP contribution >= 0.6 is 11.6 Å². The van der Waals surface area contributed by atoms with Crippen LogP contribution in [0.3, 0.4) is 0 Å². The summed E-state index contributed by atoms with van der Waals surface area (Å²) < 4.78 is 6.96. The van der Waals surface area contributed by atoms with E-state index < -0.39 is 0 Å². The summed E-state index contributed by atoms with van der Waals surface area (Å²) in [6.45, 7) is 0.176. The molecular formula is C17H14ClN3O2. The summed E-state index contributed by atoms with van der Waals surface area (Å²) in [5.41, 5.74) is 2.54. The Morgan fingerprint density at radius 3 is 2.65 bits per heavy atom. The molecule has 3 aromatic rings. The van der Waals surface area contributed by atoms with Crippen LogP contribution < -0.4 is 0 Å². The van der Waals surface area contributed by atoms with Crippen LogP contribution in [-0.2, 0) is 22.6 Å². The van der Waals surface area contributed by atoms with Gasteiger partial charge >= 0.3 is 5.97 Å². The lowest BCUT2D eigenvalue weighted by molar-refractivity contribution is -0.144. The number of hydrogen-bond donors (Lipinski definition) is 0. The molecule has 0 N–H and O–H groups in total. The van der Waals surface area contributed by atoms with Crippen LogP contribution in [0.5, 0.6) is 0 Å². The average Bonchev–Trinajstić information content (AvgIpc) is 3.04. The molecule has 0 aliphatic carbocycles. The highest BCUT2D eigenvalue weighted by Gasteiger charge is 2.08. The molecule has 0 aliphatic rings. The number of pyridine rings is 1. The topological polar surface area (TPSA) is 57.0 Å². The Balaban J connectivity index is 1.56. The van der Waals surface area contributed by atoms with Gasteiger partial charge in [0, 0.05) is 23.5 Å². The molecule has 0 bridgehead atoms. The minimum Gasteiger partial charge on any atom is -0.460 e. The molecule has 3 rings (SSSR count).